The summed E-state index contributed by atoms with van der Waals surface area (Å²) in [6.45, 7) is 1.79. The monoisotopic (exact) mass is 392 g/mol. The van der Waals surface area contributed by atoms with Crippen molar-refractivity contribution in [2.75, 3.05) is 5.32 Å². The van der Waals surface area contributed by atoms with Gasteiger partial charge >= 0.3 is 0 Å². The number of para-hydroxylation sites is 1. The molecule has 140 valence electrons. The van der Waals surface area contributed by atoms with Gasteiger partial charge in [0, 0.05) is 33.4 Å². The van der Waals surface area contributed by atoms with Crippen LogP contribution in [0.25, 0.3) is 17.0 Å². The first-order chi connectivity index (χ1) is 13.4. The van der Waals surface area contributed by atoms with Crippen LogP contribution in [0.4, 0.5) is 5.69 Å². The Kier molecular flexibility index (Phi) is 5.48. The second kappa shape index (κ2) is 7.99. The number of aromatic nitrogens is 1. The number of nitrogens with one attached hydrogen (secondary N) is 1. The Bertz CT molecular complexity index is 1150. The maximum absolute atomic E-state index is 12.6. The molecule has 0 aliphatic heterocycles. The van der Waals surface area contributed by atoms with Crippen LogP contribution in [0.15, 0.2) is 54.2 Å². The van der Waals surface area contributed by atoms with Crippen molar-refractivity contribution in [1.82, 2.24) is 4.57 Å². The number of primary amides is 1. The molecule has 7 heteroatoms. The molecule has 2 aromatic carbocycles. The second-order valence-electron chi connectivity index (χ2n) is 6.23. The van der Waals surface area contributed by atoms with Crippen LogP contribution in [0.2, 0.25) is 5.02 Å². The predicted octanol–water partition coefficient (Wildman–Crippen LogP) is 3.63. The number of benzene rings is 2. The van der Waals surface area contributed by atoms with Gasteiger partial charge in [0.15, 0.2) is 0 Å². The molecule has 28 heavy (non-hydrogen) atoms. The van der Waals surface area contributed by atoms with Crippen molar-refractivity contribution in [3.05, 3.63) is 70.4 Å². The van der Waals surface area contributed by atoms with Crippen molar-refractivity contribution >= 4 is 46.1 Å². The van der Waals surface area contributed by atoms with Crippen LogP contribution in [-0.4, -0.2) is 16.4 Å². The average Bonchev–Trinajstić information content (AvgIpc) is 3.00. The molecule has 3 rings (SSSR count). The highest BCUT2D eigenvalue weighted by molar-refractivity contribution is 6.31. The Morgan fingerprint density at radius 1 is 1.25 bits per heavy atom. The number of anilines is 1. The maximum atomic E-state index is 12.6. The van der Waals surface area contributed by atoms with Gasteiger partial charge in [-0.3, -0.25) is 9.59 Å². The molecule has 0 radical (unpaired) electrons. The molecule has 0 aliphatic carbocycles. The van der Waals surface area contributed by atoms with Gasteiger partial charge in [0.2, 0.25) is 5.91 Å². The lowest BCUT2D eigenvalue weighted by atomic mass is 10.1. The van der Waals surface area contributed by atoms with E-state index in [-0.39, 0.29) is 12.1 Å². The molecule has 0 saturated carbocycles. The van der Waals surface area contributed by atoms with Crippen LogP contribution < -0.4 is 11.1 Å². The molecule has 3 N–H and O–H groups in total. The van der Waals surface area contributed by atoms with E-state index in [4.69, 9.17) is 17.3 Å². The summed E-state index contributed by atoms with van der Waals surface area (Å²) >= 11 is 6.08. The molecule has 0 aliphatic rings. The quantitative estimate of drug-likeness (QED) is 0.512. The zero-order chi connectivity index (χ0) is 20.3. The number of fused-ring (bicyclic) bond motifs is 1. The van der Waals surface area contributed by atoms with Crippen molar-refractivity contribution in [2.24, 2.45) is 5.73 Å². The molecule has 6 nitrogen and oxygen atoms in total. The van der Waals surface area contributed by atoms with Crippen molar-refractivity contribution in [2.45, 2.75) is 13.5 Å². The number of hydrogen-bond acceptors (Lipinski definition) is 3. The van der Waals surface area contributed by atoms with Gasteiger partial charge in [-0.05, 0) is 36.8 Å². The molecule has 2 amide bonds. The first kappa shape index (κ1) is 19.2. The SMILES string of the molecule is Cc1c(Cl)cccc1NC(=O)/C(C#N)=C\c1cn(CC(N)=O)c2ccccc12. The van der Waals surface area contributed by atoms with Crippen LogP contribution in [0.1, 0.15) is 11.1 Å². The number of amides is 2. The molecule has 0 bridgehead atoms. The normalized spacial score (nSPS) is 11.2. The zero-order valence-electron chi connectivity index (χ0n) is 15.1. The van der Waals surface area contributed by atoms with E-state index in [2.05, 4.69) is 5.32 Å². The summed E-state index contributed by atoms with van der Waals surface area (Å²) in [4.78, 5) is 23.9. The largest absolute Gasteiger partial charge is 0.368 e. The molecule has 1 heterocycles. The van der Waals surface area contributed by atoms with Gasteiger partial charge in [0.05, 0.1) is 0 Å². The molecule has 1 aromatic heterocycles. The van der Waals surface area contributed by atoms with Crippen LogP contribution in [-0.2, 0) is 16.1 Å². The minimum atomic E-state index is -0.542. The summed E-state index contributed by atoms with van der Waals surface area (Å²) < 4.78 is 1.69. The molecular formula is C21H17ClN4O2. The molecule has 0 atom stereocenters. The van der Waals surface area contributed by atoms with Crippen molar-refractivity contribution < 1.29 is 9.59 Å². The van der Waals surface area contributed by atoms with Gasteiger partial charge < -0.3 is 15.6 Å². The second-order valence-corrected chi connectivity index (χ2v) is 6.64. The van der Waals surface area contributed by atoms with E-state index >= 15 is 0 Å². The highest BCUT2D eigenvalue weighted by Gasteiger charge is 2.14. The molecule has 0 fully saturated rings. The molecule has 0 unspecified atom stereocenters. The van der Waals surface area contributed by atoms with E-state index in [0.29, 0.717) is 21.8 Å². The van der Waals surface area contributed by atoms with Gasteiger partial charge in [-0.25, -0.2) is 0 Å². The van der Waals surface area contributed by atoms with Crippen LogP contribution >= 0.6 is 11.6 Å². The average molecular weight is 393 g/mol. The Hall–Kier alpha value is -3.56. The topological polar surface area (TPSA) is 101 Å². The van der Waals surface area contributed by atoms with Crippen molar-refractivity contribution in [3.63, 3.8) is 0 Å². The van der Waals surface area contributed by atoms with Crippen molar-refractivity contribution in [1.29, 1.82) is 5.26 Å². The third kappa shape index (κ3) is 3.90. The molecule has 3 aromatic rings. The number of nitrogens with zero attached hydrogens (tertiary/aromatic N) is 2. The third-order valence-corrected chi connectivity index (χ3v) is 4.74. The summed E-state index contributed by atoms with van der Waals surface area (Å²) in [6, 6.07) is 14.5. The van der Waals surface area contributed by atoms with Gasteiger partial charge in [-0.1, -0.05) is 35.9 Å². The Morgan fingerprint density at radius 2 is 2.00 bits per heavy atom. The number of rotatable bonds is 5. The van der Waals surface area contributed by atoms with Gasteiger partial charge in [-0.2, -0.15) is 5.26 Å². The van der Waals surface area contributed by atoms with E-state index < -0.39 is 11.8 Å². The van der Waals surface area contributed by atoms with Gasteiger partial charge in [-0.15, -0.1) is 0 Å². The van der Waals surface area contributed by atoms with Crippen LogP contribution in [0, 0.1) is 18.3 Å². The minimum absolute atomic E-state index is 0.00411. The summed E-state index contributed by atoms with van der Waals surface area (Å²) in [5.41, 5.74) is 7.93. The third-order valence-electron chi connectivity index (χ3n) is 4.33. The number of nitrogens with two attached hydrogens (primary N) is 1. The summed E-state index contributed by atoms with van der Waals surface area (Å²) in [7, 11) is 0. The smallest absolute Gasteiger partial charge is 0.266 e. The molecule has 0 spiro atoms. The van der Waals surface area contributed by atoms with Crippen LogP contribution in [0.5, 0.6) is 0 Å². The number of hydrogen-bond donors (Lipinski definition) is 2. The van der Waals surface area contributed by atoms with E-state index in [9.17, 15) is 14.9 Å². The zero-order valence-corrected chi connectivity index (χ0v) is 15.8. The summed E-state index contributed by atoms with van der Waals surface area (Å²) in [5.74, 6) is -1.02. The fraction of sp³-hybridized carbons (Fsp3) is 0.0952. The predicted molar refractivity (Wildman–Crippen MR) is 110 cm³/mol. The first-order valence-corrected chi connectivity index (χ1v) is 8.83. The number of carbonyl (C=O) groups excluding carboxylic acids is 2. The summed E-state index contributed by atoms with van der Waals surface area (Å²) in [6.07, 6.45) is 3.19. The van der Waals surface area contributed by atoms with Gasteiger partial charge in [0.25, 0.3) is 5.91 Å². The Labute approximate surface area is 166 Å². The molecule has 0 saturated heterocycles. The van der Waals surface area contributed by atoms with Crippen LogP contribution in [0.3, 0.4) is 0 Å². The van der Waals surface area contributed by atoms with E-state index in [0.717, 1.165) is 10.9 Å². The highest BCUT2D eigenvalue weighted by atomic mass is 35.5. The van der Waals surface area contributed by atoms with Gasteiger partial charge in [0.1, 0.15) is 18.2 Å². The number of carbonyl (C=O) groups is 2. The standard InChI is InChI=1S/C21H17ClN4O2/c1-13-17(22)6-4-7-18(13)25-21(28)14(10-23)9-15-11-26(12-20(24)27)19-8-3-2-5-16(15)19/h2-9,11H,12H2,1H3,(H2,24,27)(H,25,28)/b14-9-. The Balaban J connectivity index is 1.99. The highest BCUT2D eigenvalue weighted by Crippen LogP contribution is 2.25. The lowest BCUT2D eigenvalue weighted by Crippen LogP contribution is -2.17. The Morgan fingerprint density at radius 3 is 2.71 bits per heavy atom. The van der Waals surface area contributed by atoms with E-state index in [1.807, 2.05) is 30.3 Å². The lowest BCUT2D eigenvalue weighted by Gasteiger charge is -2.08. The number of halogens is 1. The fourth-order valence-electron chi connectivity index (χ4n) is 2.93. The first-order valence-electron chi connectivity index (χ1n) is 8.45. The fourth-order valence-corrected chi connectivity index (χ4v) is 3.10. The van der Waals surface area contributed by atoms with E-state index in [1.165, 1.54) is 6.08 Å². The maximum Gasteiger partial charge on any atom is 0.266 e. The van der Waals surface area contributed by atoms with E-state index in [1.54, 1.807) is 35.9 Å². The molecular weight excluding hydrogens is 376 g/mol. The van der Waals surface area contributed by atoms with Crippen molar-refractivity contribution in [3.8, 4) is 6.07 Å². The minimum Gasteiger partial charge on any atom is -0.368 e. The summed E-state index contributed by atoms with van der Waals surface area (Å²) in [5, 5.41) is 13.5. The lowest BCUT2D eigenvalue weighted by molar-refractivity contribution is -0.118. The number of nitriles is 1.